The molecule has 6 aromatic rings. The van der Waals surface area contributed by atoms with Gasteiger partial charge in [0.05, 0.1) is 11.2 Å². The summed E-state index contributed by atoms with van der Waals surface area (Å²) in [7, 11) is 0. The van der Waals surface area contributed by atoms with Gasteiger partial charge in [0.15, 0.2) is 5.65 Å². The van der Waals surface area contributed by atoms with Crippen molar-refractivity contribution in [1.82, 2.24) is 14.6 Å². The Morgan fingerprint density at radius 1 is 0.850 bits per heavy atom. The van der Waals surface area contributed by atoms with Gasteiger partial charge in [0.25, 0.3) is 6.47 Å². The molecule has 0 saturated heterocycles. The third-order valence-electron chi connectivity index (χ3n) is 8.04. The molecule has 2 heterocycles. The van der Waals surface area contributed by atoms with E-state index in [-0.39, 0.29) is 12.1 Å². The molecule has 0 atom stereocenters. The monoisotopic (exact) mass is 524 g/mol. The molecule has 7 rings (SSSR count). The van der Waals surface area contributed by atoms with E-state index < -0.39 is 0 Å². The first-order valence-corrected chi connectivity index (χ1v) is 13.5. The van der Waals surface area contributed by atoms with Crippen LogP contribution < -0.4 is 5.73 Å². The van der Waals surface area contributed by atoms with E-state index in [0.29, 0.717) is 6.47 Å². The first kappa shape index (κ1) is 24.2. The molecule has 196 valence electrons. The van der Waals surface area contributed by atoms with Crippen molar-refractivity contribution in [3.05, 3.63) is 114 Å². The molecule has 6 heteroatoms. The van der Waals surface area contributed by atoms with Gasteiger partial charge in [-0.1, -0.05) is 78.9 Å². The lowest BCUT2D eigenvalue weighted by Gasteiger charge is -2.38. The SMILES string of the molecule is NC1(c2ccc(-c3nc4c5cc(-c6cccc(COC=O)c6)ccc5nn4cc3-c3ccccc3)cc2)CCC1. The van der Waals surface area contributed by atoms with Gasteiger partial charge in [0, 0.05) is 28.2 Å². The van der Waals surface area contributed by atoms with E-state index in [2.05, 4.69) is 60.8 Å². The number of ether oxygens (including phenoxy) is 1. The fourth-order valence-corrected chi connectivity index (χ4v) is 5.65. The molecule has 4 aromatic carbocycles. The summed E-state index contributed by atoms with van der Waals surface area (Å²) in [5.41, 5.74) is 16.3. The van der Waals surface area contributed by atoms with Gasteiger partial charge in [0.1, 0.15) is 6.61 Å². The van der Waals surface area contributed by atoms with E-state index in [0.717, 1.165) is 68.5 Å². The first-order chi connectivity index (χ1) is 19.6. The van der Waals surface area contributed by atoms with Gasteiger partial charge in [-0.25, -0.2) is 9.50 Å². The van der Waals surface area contributed by atoms with Crippen molar-refractivity contribution >= 4 is 23.0 Å². The second-order valence-corrected chi connectivity index (χ2v) is 10.6. The Balaban J connectivity index is 1.38. The van der Waals surface area contributed by atoms with Crippen molar-refractivity contribution in [1.29, 1.82) is 0 Å². The molecule has 0 unspecified atom stereocenters. The summed E-state index contributed by atoms with van der Waals surface area (Å²) in [6, 6.07) is 33.2. The van der Waals surface area contributed by atoms with Crippen LogP contribution in [0.2, 0.25) is 0 Å². The minimum absolute atomic E-state index is 0.201. The van der Waals surface area contributed by atoms with Gasteiger partial charge in [-0.05, 0) is 65.3 Å². The van der Waals surface area contributed by atoms with Crippen LogP contribution in [0.25, 0.3) is 50.1 Å². The number of nitrogens with zero attached hydrogens (tertiary/aromatic N) is 3. The molecule has 1 fully saturated rings. The molecule has 0 spiro atoms. The summed E-state index contributed by atoms with van der Waals surface area (Å²) >= 11 is 0. The molecule has 0 bridgehead atoms. The molecule has 40 heavy (non-hydrogen) atoms. The molecule has 0 radical (unpaired) electrons. The third kappa shape index (κ3) is 4.23. The summed E-state index contributed by atoms with van der Waals surface area (Å²) in [6.07, 6.45) is 5.32. The zero-order chi connectivity index (χ0) is 27.1. The minimum atomic E-state index is -0.201. The third-order valence-corrected chi connectivity index (χ3v) is 8.04. The summed E-state index contributed by atoms with van der Waals surface area (Å²) in [5.74, 6) is 0. The van der Waals surface area contributed by atoms with Crippen LogP contribution in [0.4, 0.5) is 0 Å². The minimum Gasteiger partial charge on any atom is -0.463 e. The number of aromatic nitrogens is 3. The van der Waals surface area contributed by atoms with E-state index in [9.17, 15) is 4.79 Å². The van der Waals surface area contributed by atoms with Crippen LogP contribution in [-0.4, -0.2) is 21.1 Å². The summed E-state index contributed by atoms with van der Waals surface area (Å²) in [6.45, 7) is 0.715. The van der Waals surface area contributed by atoms with Crippen molar-refractivity contribution in [2.75, 3.05) is 0 Å². The van der Waals surface area contributed by atoms with Crippen LogP contribution in [-0.2, 0) is 21.7 Å². The Labute approximate surface area is 232 Å². The van der Waals surface area contributed by atoms with Crippen molar-refractivity contribution in [2.24, 2.45) is 5.73 Å². The normalized spacial score (nSPS) is 14.2. The van der Waals surface area contributed by atoms with E-state index in [1.165, 1.54) is 12.0 Å². The van der Waals surface area contributed by atoms with E-state index in [1.54, 1.807) is 0 Å². The zero-order valence-electron chi connectivity index (χ0n) is 22.0. The topological polar surface area (TPSA) is 82.5 Å². The van der Waals surface area contributed by atoms with Crippen LogP contribution in [0.5, 0.6) is 0 Å². The number of nitrogens with two attached hydrogens (primary N) is 1. The van der Waals surface area contributed by atoms with E-state index in [1.807, 2.05) is 47.0 Å². The van der Waals surface area contributed by atoms with Gasteiger partial charge in [-0.2, -0.15) is 5.10 Å². The predicted octanol–water partition coefficient (Wildman–Crippen LogP) is 6.89. The van der Waals surface area contributed by atoms with Crippen LogP contribution in [0.15, 0.2) is 103 Å². The molecule has 1 aliphatic rings. The number of fused-ring (bicyclic) bond motifs is 3. The molecule has 6 nitrogen and oxygen atoms in total. The van der Waals surface area contributed by atoms with Crippen LogP contribution in [0.1, 0.15) is 30.4 Å². The smallest absolute Gasteiger partial charge is 0.293 e. The van der Waals surface area contributed by atoms with Gasteiger partial charge in [-0.15, -0.1) is 0 Å². The molecular formula is C34H28N4O2. The molecule has 2 N–H and O–H groups in total. The number of rotatable bonds is 7. The van der Waals surface area contributed by atoms with Gasteiger partial charge in [0.2, 0.25) is 0 Å². The van der Waals surface area contributed by atoms with Crippen LogP contribution in [0, 0.1) is 0 Å². The Kier molecular flexibility index (Phi) is 5.90. The Bertz CT molecular complexity index is 1860. The molecule has 1 aliphatic carbocycles. The predicted molar refractivity (Wildman–Crippen MR) is 157 cm³/mol. The lowest BCUT2D eigenvalue weighted by atomic mass is 9.72. The zero-order valence-corrected chi connectivity index (χ0v) is 22.0. The quantitative estimate of drug-likeness (QED) is 0.230. The molecular weight excluding hydrogens is 496 g/mol. The lowest BCUT2D eigenvalue weighted by Crippen LogP contribution is -2.43. The highest BCUT2D eigenvalue weighted by molar-refractivity contribution is 5.97. The average molecular weight is 525 g/mol. The number of benzene rings is 4. The van der Waals surface area contributed by atoms with Gasteiger partial charge < -0.3 is 10.5 Å². The highest BCUT2D eigenvalue weighted by Gasteiger charge is 2.34. The van der Waals surface area contributed by atoms with E-state index >= 15 is 0 Å². The largest absolute Gasteiger partial charge is 0.463 e. The average Bonchev–Trinajstić information content (AvgIpc) is 3.36. The Morgan fingerprint density at radius 3 is 2.35 bits per heavy atom. The lowest BCUT2D eigenvalue weighted by molar-refractivity contribution is -0.129. The summed E-state index contributed by atoms with van der Waals surface area (Å²) < 4.78 is 6.83. The summed E-state index contributed by atoms with van der Waals surface area (Å²) in [4.78, 5) is 15.9. The summed E-state index contributed by atoms with van der Waals surface area (Å²) in [5, 5.41) is 5.84. The maximum absolute atomic E-state index is 10.7. The fourth-order valence-electron chi connectivity index (χ4n) is 5.65. The van der Waals surface area contributed by atoms with Crippen LogP contribution >= 0.6 is 0 Å². The molecule has 1 saturated carbocycles. The molecule has 0 aliphatic heterocycles. The highest BCUT2D eigenvalue weighted by Crippen LogP contribution is 2.40. The number of hydrogen-bond acceptors (Lipinski definition) is 5. The Morgan fingerprint density at radius 2 is 1.60 bits per heavy atom. The van der Waals surface area contributed by atoms with Crippen LogP contribution in [0.3, 0.4) is 0 Å². The van der Waals surface area contributed by atoms with Gasteiger partial charge >= 0.3 is 0 Å². The Hall–Kier alpha value is -4.81. The second kappa shape index (κ2) is 9.74. The highest BCUT2D eigenvalue weighted by atomic mass is 16.5. The number of carbonyl (C=O) groups excluding carboxylic acids is 1. The van der Waals surface area contributed by atoms with Crippen molar-refractivity contribution in [3.8, 4) is 33.5 Å². The van der Waals surface area contributed by atoms with E-state index in [4.69, 9.17) is 20.6 Å². The van der Waals surface area contributed by atoms with Gasteiger partial charge in [-0.3, -0.25) is 4.79 Å². The first-order valence-electron chi connectivity index (χ1n) is 13.5. The fraction of sp³-hybridized carbons (Fsp3) is 0.147. The molecule has 2 aromatic heterocycles. The molecule has 0 amide bonds. The standard InChI is InChI=1S/C34H28N4O2/c35-34(16-5-17-34)28-13-10-25(11-14-28)32-30(24-7-2-1-3-8-24)20-38-33(36-32)29-19-27(12-15-31(29)37-38)26-9-4-6-23(18-26)21-40-22-39/h1-4,6-15,18-20,22H,5,16-17,21,35H2. The van der Waals surface area contributed by atoms with Crippen molar-refractivity contribution < 1.29 is 9.53 Å². The van der Waals surface area contributed by atoms with Crippen molar-refractivity contribution in [3.63, 3.8) is 0 Å². The number of hydrogen-bond donors (Lipinski definition) is 1. The van der Waals surface area contributed by atoms with Crippen molar-refractivity contribution in [2.45, 2.75) is 31.4 Å². The maximum atomic E-state index is 10.7. The number of carbonyl (C=O) groups is 1. The maximum Gasteiger partial charge on any atom is 0.293 e. The second-order valence-electron chi connectivity index (χ2n) is 10.6.